The van der Waals surface area contributed by atoms with Crippen molar-refractivity contribution in [2.75, 3.05) is 32.7 Å². The molecule has 2 saturated heterocycles. The van der Waals surface area contributed by atoms with Crippen LogP contribution in [0.4, 0.5) is 13.2 Å². The molecule has 0 spiro atoms. The van der Waals surface area contributed by atoms with E-state index >= 15 is 0 Å². The van der Waals surface area contributed by atoms with Crippen LogP contribution in [-0.4, -0.2) is 69.8 Å². The maximum absolute atomic E-state index is 12.9. The van der Waals surface area contributed by atoms with Gasteiger partial charge in [-0.1, -0.05) is 49.6 Å². The molecule has 1 aliphatic carbocycles. The van der Waals surface area contributed by atoms with Gasteiger partial charge in [0, 0.05) is 31.2 Å². The minimum absolute atomic E-state index is 0.229. The van der Waals surface area contributed by atoms with E-state index in [1.165, 1.54) is 12.0 Å². The second-order valence-corrected chi connectivity index (χ2v) is 11.6. The number of nitrogens with zero attached hydrogens (tertiary/aromatic N) is 3. The Morgan fingerprint density at radius 2 is 1.76 bits per heavy atom. The van der Waals surface area contributed by atoms with Crippen molar-refractivity contribution >= 4 is 5.97 Å². The number of halogens is 3. The van der Waals surface area contributed by atoms with Gasteiger partial charge < -0.3 is 10.0 Å². The molecule has 9 heteroatoms. The zero-order chi connectivity index (χ0) is 26.7. The number of carbonyl (C=O) groups is 1. The highest BCUT2D eigenvalue weighted by atomic mass is 19.4. The molecule has 2 N–H and O–H groups in total. The number of carboxylic acid groups (broad SMARTS) is 1. The number of rotatable bonds is 8. The van der Waals surface area contributed by atoms with Crippen LogP contribution in [0.15, 0.2) is 36.4 Å². The number of alkyl halides is 3. The Kier molecular flexibility index (Phi) is 8.43. The van der Waals surface area contributed by atoms with Crippen molar-refractivity contribution in [3.8, 4) is 0 Å². The molecule has 3 aliphatic rings. The van der Waals surface area contributed by atoms with Crippen molar-refractivity contribution in [2.45, 2.75) is 69.5 Å². The summed E-state index contributed by atoms with van der Waals surface area (Å²) in [5.41, 5.74) is 0.978. The Labute approximate surface area is 222 Å². The van der Waals surface area contributed by atoms with E-state index in [-0.39, 0.29) is 5.92 Å². The summed E-state index contributed by atoms with van der Waals surface area (Å²) in [6.07, 6.45) is 3.50. The van der Waals surface area contributed by atoms with E-state index in [0.717, 1.165) is 77.3 Å². The van der Waals surface area contributed by atoms with Crippen molar-refractivity contribution in [3.63, 3.8) is 0 Å². The third kappa shape index (κ3) is 6.42. The monoisotopic (exact) mass is 532 g/mol. The number of aromatic nitrogens is 2. The first-order chi connectivity index (χ1) is 18.3. The fourth-order valence-electron chi connectivity index (χ4n) is 7.13. The van der Waals surface area contributed by atoms with Crippen LogP contribution in [0.25, 0.3) is 0 Å². The van der Waals surface area contributed by atoms with E-state index in [4.69, 9.17) is 0 Å². The number of aliphatic carboxylic acids is 1. The molecule has 0 amide bonds. The molecule has 2 aromatic rings. The number of nitrogens with one attached hydrogen (secondary N) is 1. The molecule has 208 valence electrons. The Bertz CT molecular complexity index is 1050. The predicted molar refractivity (Wildman–Crippen MR) is 139 cm³/mol. The Hall–Kier alpha value is -2.39. The maximum atomic E-state index is 12.9. The normalized spacial score (nSPS) is 25.6. The first-order valence-corrected chi connectivity index (χ1v) is 14.1. The second kappa shape index (κ2) is 11.8. The van der Waals surface area contributed by atoms with Crippen LogP contribution < -0.4 is 0 Å². The van der Waals surface area contributed by atoms with E-state index in [1.54, 1.807) is 0 Å². The lowest BCUT2D eigenvalue weighted by Crippen LogP contribution is -2.46. The highest BCUT2D eigenvalue weighted by Gasteiger charge is 2.43. The molecule has 2 aliphatic heterocycles. The molecule has 1 saturated carbocycles. The summed E-state index contributed by atoms with van der Waals surface area (Å²) in [4.78, 5) is 17.2. The SMILES string of the molecule is O=C(O)C(C1CCCCC1)N1CC(CN2CCC(Cc3cc(C(F)(F)F)n[nH]3)CC2)C(c2ccccc2)C1. The van der Waals surface area contributed by atoms with Gasteiger partial charge in [-0.25, -0.2) is 0 Å². The topological polar surface area (TPSA) is 72.5 Å². The minimum Gasteiger partial charge on any atom is -0.480 e. The van der Waals surface area contributed by atoms with Gasteiger partial charge in [-0.05, 0) is 74.6 Å². The van der Waals surface area contributed by atoms with Crippen LogP contribution in [0, 0.1) is 17.8 Å². The zero-order valence-corrected chi connectivity index (χ0v) is 21.9. The predicted octanol–water partition coefficient (Wildman–Crippen LogP) is 5.43. The number of hydrogen-bond donors (Lipinski definition) is 2. The molecule has 0 radical (unpaired) electrons. The number of aromatic amines is 1. The van der Waals surface area contributed by atoms with Crippen LogP contribution in [0.2, 0.25) is 0 Å². The molecule has 6 nitrogen and oxygen atoms in total. The first kappa shape index (κ1) is 27.2. The number of likely N-dealkylation sites (tertiary alicyclic amines) is 2. The summed E-state index contributed by atoms with van der Waals surface area (Å²) in [5, 5.41) is 16.2. The van der Waals surface area contributed by atoms with Gasteiger partial charge in [0.2, 0.25) is 0 Å². The number of piperidine rings is 1. The highest BCUT2D eigenvalue weighted by Crippen LogP contribution is 2.39. The van der Waals surface area contributed by atoms with Gasteiger partial charge in [-0.3, -0.25) is 14.8 Å². The Morgan fingerprint density at radius 1 is 1.05 bits per heavy atom. The van der Waals surface area contributed by atoms with Gasteiger partial charge in [0.15, 0.2) is 5.69 Å². The van der Waals surface area contributed by atoms with E-state index in [1.807, 2.05) is 6.07 Å². The summed E-state index contributed by atoms with van der Waals surface area (Å²) in [6.45, 7) is 4.31. The quantitative estimate of drug-likeness (QED) is 0.474. The van der Waals surface area contributed by atoms with Crippen LogP contribution in [0.3, 0.4) is 0 Å². The molecular formula is C29H39F3N4O2. The lowest BCUT2D eigenvalue weighted by Gasteiger charge is -2.35. The molecule has 1 aromatic carbocycles. The van der Waals surface area contributed by atoms with Gasteiger partial charge in [0.25, 0.3) is 0 Å². The molecule has 3 atom stereocenters. The first-order valence-electron chi connectivity index (χ1n) is 14.1. The van der Waals surface area contributed by atoms with Crippen molar-refractivity contribution in [3.05, 3.63) is 53.3 Å². The third-order valence-corrected chi connectivity index (χ3v) is 9.07. The Morgan fingerprint density at radius 3 is 2.39 bits per heavy atom. The molecular weight excluding hydrogens is 493 g/mol. The van der Waals surface area contributed by atoms with Crippen molar-refractivity contribution in [1.29, 1.82) is 0 Å². The molecule has 38 heavy (non-hydrogen) atoms. The smallest absolute Gasteiger partial charge is 0.435 e. The van der Waals surface area contributed by atoms with Crippen LogP contribution in [0.1, 0.15) is 67.8 Å². The summed E-state index contributed by atoms with van der Waals surface area (Å²) in [5.74, 6) is 0.525. The van der Waals surface area contributed by atoms with Crippen LogP contribution >= 0.6 is 0 Å². The average Bonchev–Trinajstić information content (AvgIpc) is 3.54. The molecule has 0 bridgehead atoms. The minimum atomic E-state index is -4.42. The van der Waals surface area contributed by atoms with Gasteiger partial charge in [-0.15, -0.1) is 0 Å². The van der Waals surface area contributed by atoms with Crippen molar-refractivity contribution in [1.82, 2.24) is 20.0 Å². The second-order valence-electron chi connectivity index (χ2n) is 11.6. The molecule has 3 unspecified atom stereocenters. The van der Waals surface area contributed by atoms with Crippen LogP contribution in [0.5, 0.6) is 0 Å². The Balaban J connectivity index is 1.22. The van der Waals surface area contributed by atoms with Gasteiger partial charge in [-0.2, -0.15) is 18.3 Å². The molecule has 3 fully saturated rings. The summed E-state index contributed by atoms with van der Waals surface area (Å²) < 4.78 is 38.6. The van der Waals surface area contributed by atoms with Gasteiger partial charge >= 0.3 is 12.1 Å². The lowest BCUT2D eigenvalue weighted by molar-refractivity contribution is -0.145. The zero-order valence-electron chi connectivity index (χ0n) is 21.9. The summed E-state index contributed by atoms with van der Waals surface area (Å²) in [6, 6.07) is 11.2. The molecule has 1 aromatic heterocycles. The number of H-pyrrole nitrogens is 1. The van der Waals surface area contributed by atoms with E-state index in [9.17, 15) is 23.1 Å². The fraction of sp³-hybridized carbons (Fsp3) is 0.655. The lowest BCUT2D eigenvalue weighted by atomic mass is 9.83. The van der Waals surface area contributed by atoms with E-state index in [0.29, 0.717) is 29.9 Å². The summed E-state index contributed by atoms with van der Waals surface area (Å²) >= 11 is 0. The average molecular weight is 533 g/mol. The number of carboxylic acids is 1. The van der Waals surface area contributed by atoms with Crippen molar-refractivity contribution < 1.29 is 23.1 Å². The maximum Gasteiger partial charge on any atom is 0.435 e. The summed E-state index contributed by atoms with van der Waals surface area (Å²) in [7, 11) is 0. The van der Waals surface area contributed by atoms with Crippen molar-refractivity contribution in [2.24, 2.45) is 17.8 Å². The fourth-order valence-corrected chi connectivity index (χ4v) is 7.13. The standard InChI is InChI=1S/C29H39F3N4O2/c30-29(31,32)26-16-24(33-34-26)15-20-11-13-35(14-12-20)17-23-18-36(19-25(23)21-7-3-1-4-8-21)27(28(37)38)22-9-5-2-6-10-22/h1,3-4,7-8,16,20,22-23,25,27H,2,5-6,9-15,17-19H2,(H,33,34)(H,37,38). The van der Waals surface area contributed by atoms with Gasteiger partial charge in [0.1, 0.15) is 6.04 Å². The van der Waals surface area contributed by atoms with E-state index < -0.39 is 23.9 Å². The van der Waals surface area contributed by atoms with Crippen LogP contribution in [-0.2, 0) is 17.4 Å². The number of hydrogen-bond acceptors (Lipinski definition) is 4. The molecule has 3 heterocycles. The largest absolute Gasteiger partial charge is 0.480 e. The highest BCUT2D eigenvalue weighted by molar-refractivity contribution is 5.74. The molecule has 5 rings (SSSR count). The third-order valence-electron chi connectivity index (χ3n) is 9.07. The van der Waals surface area contributed by atoms with Gasteiger partial charge in [0.05, 0.1) is 0 Å². The van der Waals surface area contributed by atoms with E-state index in [2.05, 4.69) is 44.3 Å². The number of benzene rings is 1.